The minimum absolute atomic E-state index is 0.0429. The minimum Gasteiger partial charge on any atom is -0.347 e. The molecule has 2 amide bonds. The Bertz CT molecular complexity index is 591. The van der Waals surface area contributed by atoms with Crippen molar-refractivity contribution in [3.63, 3.8) is 0 Å². The molecule has 6 nitrogen and oxygen atoms in total. The standard InChI is InChI=1S/C16H19ClN2O4/c17-13-4-2-1-3-12(13)15(21)18-11-14(20)19-7-5-16(6-8-19)22-9-10-23-16/h1-4H,5-11H2,(H,18,21). The van der Waals surface area contributed by atoms with Gasteiger partial charge >= 0.3 is 0 Å². The van der Waals surface area contributed by atoms with Crippen LogP contribution in [0.25, 0.3) is 0 Å². The first-order valence-electron chi connectivity index (χ1n) is 7.68. The Morgan fingerprint density at radius 1 is 1.17 bits per heavy atom. The molecule has 7 heteroatoms. The summed E-state index contributed by atoms with van der Waals surface area (Å²) in [6.07, 6.45) is 1.33. The number of benzene rings is 1. The molecule has 1 aromatic carbocycles. The second-order valence-corrected chi connectivity index (χ2v) is 6.06. The highest BCUT2D eigenvalue weighted by atomic mass is 35.5. The van der Waals surface area contributed by atoms with Crippen molar-refractivity contribution in [2.45, 2.75) is 18.6 Å². The minimum atomic E-state index is -0.502. The van der Waals surface area contributed by atoms with E-state index in [0.717, 1.165) is 0 Å². The summed E-state index contributed by atoms with van der Waals surface area (Å²) in [6, 6.07) is 6.75. The van der Waals surface area contributed by atoms with Gasteiger partial charge in [0.05, 0.1) is 30.3 Å². The van der Waals surface area contributed by atoms with Crippen LogP contribution in [-0.2, 0) is 14.3 Å². The summed E-state index contributed by atoms with van der Waals surface area (Å²) in [6.45, 7) is 2.32. The maximum atomic E-state index is 12.2. The Kier molecular flexibility index (Phi) is 4.84. The van der Waals surface area contributed by atoms with Crippen LogP contribution in [0.15, 0.2) is 24.3 Å². The molecule has 2 saturated heterocycles. The van der Waals surface area contributed by atoms with E-state index in [0.29, 0.717) is 49.7 Å². The van der Waals surface area contributed by atoms with Crippen LogP contribution in [-0.4, -0.2) is 55.3 Å². The van der Waals surface area contributed by atoms with Crippen LogP contribution in [0.3, 0.4) is 0 Å². The Morgan fingerprint density at radius 2 is 1.83 bits per heavy atom. The lowest BCUT2D eigenvalue weighted by molar-refractivity contribution is -0.187. The molecule has 0 bridgehead atoms. The molecule has 2 fully saturated rings. The number of ether oxygens (including phenoxy) is 2. The van der Waals surface area contributed by atoms with E-state index in [1.54, 1.807) is 29.2 Å². The van der Waals surface area contributed by atoms with Gasteiger partial charge in [-0.1, -0.05) is 23.7 Å². The lowest BCUT2D eigenvalue weighted by Gasteiger charge is -2.37. The Hall–Kier alpha value is -1.63. The van der Waals surface area contributed by atoms with Gasteiger partial charge < -0.3 is 19.7 Å². The zero-order valence-corrected chi connectivity index (χ0v) is 13.5. The van der Waals surface area contributed by atoms with Gasteiger partial charge in [0.2, 0.25) is 5.91 Å². The summed E-state index contributed by atoms with van der Waals surface area (Å²) in [5, 5.41) is 2.99. The van der Waals surface area contributed by atoms with E-state index in [2.05, 4.69) is 5.32 Å². The first kappa shape index (κ1) is 16.2. The number of nitrogens with zero attached hydrogens (tertiary/aromatic N) is 1. The maximum Gasteiger partial charge on any atom is 0.253 e. The van der Waals surface area contributed by atoms with Gasteiger partial charge in [-0.25, -0.2) is 0 Å². The summed E-state index contributed by atoms with van der Waals surface area (Å²) in [7, 11) is 0. The zero-order chi connectivity index (χ0) is 16.3. The fourth-order valence-corrected chi connectivity index (χ4v) is 3.11. The van der Waals surface area contributed by atoms with Gasteiger partial charge in [-0.05, 0) is 12.1 Å². The zero-order valence-electron chi connectivity index (χ0n) is 12.7. The van der Waals surface area contributed by atoms with Gasteiger partial charge in [-0.15, -0.1) is 0 Å². The first-order chi connectivity index (χ1) is 11.1. The third-order valence-corrected chi connectivity index (χ3v) is 4.54. The van der Waals surface area contributed by atoms with Crippen LogP contribution in [0, 0.1) is 0 Å². The normalized spacial score (nSPS) is 19.8. The fourth-order valence-electron chi connectivity index (χ4n) is 2.89. The number of piperidine rings is 1. The highest BCUT2D eigenvalue weighted by molar-refractivity contribution is 6.33. The summed E-state index contributed by atoms with van der Waals surface area (Å²) >= 11 is 5.97. The highest BCUT2D eigenvalue weighted by Crippen LogP contribution is 2.31. The van der Waals surface area contributed by atoms with Crippen LogP contribution in [0.4, 0.5) is 0 Å². The summed E-state index contributed by atoms with van der Waals surface area (Å²) in [5.41, 5.74) is 0.368. The quantitative estimate of drug-likeness (QED) is 0.905. The molecule has 3 rings (SSSR count). The molecule has 0 radical (unpaired) electrons. The van der Waals surface area contributed by atoms with E-state index in [4.69, 9.17) is 21.1 Å². The average molecular weight is 339 g/mol. The third-order valence-electron chi connectivity index (χ3n) is 4.21. The Labute approximate surface area is 139 Å². The van der Waals surface area contributed by atoms with Crippen molar-refractivity contribution < 1.29 is 19.1 Å². The van der Waals surface area contributed by atoms with Crippen molar-refractivity contribution in [3.05, 3.63) is 34.9 Å². The molecule has 2 heterocycles. The molecular formula is C16H19ClN2O4. The van der Waals surface area contributed by atoms with Gasteiger partial charge in [0.25, 0.3) is 5.91 Å². The van der Waals surface area contributed by atoms with Crippen molar-refractivity contribution in [1.82, 2.24) is 10.2 Å². The SMILES string of the molecule is O=C(NCC(=O)N1CCC2(CC1)OCCO2)c1ccccc1Cl. The Morgan fingerprint density at radius 3 is 2.48 bits per heavy atom. The van der Waals surface area contributed by atoms with E-state index in [-0.39, 0.29) is 18.4 Å². The monoisotopic (exact) mass is 338 g/mol. The molecule has 0 aromatic heterocycles. The van der Waals surface area contributed by atoms with Crippen LogP contribution in [0.2, 0.25) is 5.02 Å². The largest absolute Gasteiger partial charge is 0.347 e. The number of halogens is 1. The van der Waals surface area contributed by atoms with Crippen molar-refractivity contribution in [2.75, 3.05) is 32.8 Å². The van der Waals surface area contributed by atoms with Gasteiger partial charge in [0.1, 0.15) is 0 Å². The van der Waals surface area contributed by atoms with Crippen LogP contribution in [0.5, 0.6) is 0 Å². The lowest BCUT2D eigenvalue weighted by atomic mass is 10.0. The summed E-state index contributed by atoms with van der Waals surface area (Å²) in [5.74, 6) is -0.962. The molecule has 0 aliphatic carbocycles. The topological polar surface area (TPSA) is 67.9 Å². The molecule has 1 aromatic rings. The summed E-state index contributed by atoms with van der Waals surface area (Å²) < 4.78 is 11.3. The molecular weight excluding hydrogens is 320 g/mol. The predicted molar refractivity (Wildman–Crippen MR) is 84.2 cm³/mol. The van der Waals surface area contributed by atoms with Crippen molar-refractivity contribution in [3.8, 4) is 0 Å². The van der Waals surface area contributed by atoms with Gasteiger partial charge in [0, 0.05) is 25.9 Å². The van der Waals surface area contributed by atoms with E-state index >= 15 is 0 Å². The van der Waals surface area contributed by atoms with Crippen LogP contribution in [0.1, 0.15) is 23.2 Å². The number of nitrogens with one attached hydrogen (secondary N) is 1. The van der Waals surface area contributed by atoms with Crippen molar-refractivity contribution in [1.29, 1.82) is 0 Å². The van der Waals surface area contributed by atoms with E-state index in [1.807, 2.05) is 0 Å². The average Bonchev–Trinajstić information content (AvgIpc) is 3.01. The van der Waals surface area contributed by atoms with Gasteiger partial charge in [0.15, 0.2) is 5.79 Å². The van der Waals surface area contributed by atoms with Crippen LogP contribution >= 0.6 is 11.6 Å². The number of hydrogen-bond acceptors (Lipinski definition) is 4. The predicted octanol–water partition coefficient (Wildman–Crippen LogP) is 1.44. The highest BCUT2D eigenvalue weighted by Gasteiger charge is 2.40. The van der Waals surface area contributed by atoms with Crippen molar-refractivity contribution in [2.24, 2.45) is 0 Å². The van der Waals surface area contributed by atoms with E-state index in [9.17, 15) is 9.59 Å². The van der Waals surface area contributed by atoms with Gasteiger partial charge in [-0.2, -0.15) is 0 Å². The summed E-state index contributed by atoms with van der Waals surface area (Å²) in [4.78, 5) is 26.0. The molecule has 0 unspecified atom stereocenters. The lowest BCUT2D eigenvalue weighted by Crippen LogP contribution is -2.49. The number of amides is 2. The maximum absolute atomic E-state index is 12.2. The second kappa shape index (κ2) is 6.86. The van der Waals surface area contributed by atoms with Crippen LogP contribution < -0.4 is 5.32 Å². The van der Waals surface area contributed by atoms with Crippen molar-refractivity contribution >= 4 is 23.4 Å². The molecule has 2 aliphatic heterocycles. The van der Waals surface area contributed by atoms with E-state index in [1.165, 1.54) is 0 Å². The Balaban J connectivity index is 1.48. The molecule has 1 N–H and O–H groups in total. The van der Waals surface area contributed by atoms with Gasteiger partial charge in [-0.3, -0.25) is 9.59 Å². The first-order valence-corrected chi connectivity index (χ1v) is 8.06. The second-order valence-electron chi connectivity index (χ2n) is 5.65. The van der Waals surface area contributed by atoms with E-state index < -0.39 is 5.79 Å². The third kappa shape index (κ3) is 3.65. The number of rotatable bonds is 3. The molecule has 0 atom stereocenters. The molecule has 23 heavy (non-hydrogen) atoms. The molecule has 0 saturated carbocycles. The molecule has 1 spiro atoms. The molecule has 2 aliphatic rings. The number of carbonyl (C=O) groups is 2. The number of hydrogen-bond donors (Lipinski definition) is 1. The smallest absolute Gasteiger partial charge is 0.253 e. The molecule has 124 valence electrons. The fraction of sp³-hybridized carbons (Fsp3) is 0.500. The number of likely N-dealkylation sites (tertiary alicyclic amines) is 1. The number of carbonyl (C=O) groups excluding carboxylic acids is 2.